The highest BCUT2D eigenvalue weighted by molar-refractivity contribution is 7.87. The summed E-state index contributed by atoms with van der Waals surface area (Å²) in [7, 11) is -2.34. The van der Waals surface area contributed by atoms with Crippen LogP contribution in [-0.4, -0.2) is 41.9 Å². The average Bonchev–Trinajstić information content (AvgIpc) is 2.62. The fourth-order valence-corrected chi connectivity index (χ4v) is 1.78. The zero-order chi connectivity index (χ0) is 8.65. The Morgan fingerprint density at radius 1 is 1.82 bits per heavy atom. The van der Waals surface area contributed by atoms with Crippen LogP contribution in [0.25, 0.3) is 0 Å². The molecule has 0 spiro atoms. The van der Waals surface area contributed by atoms with Crippen molar-refractivity contribution in [1.82, 2.24) is 10.2 Å². The summed E-state index contributed by atoms with van der Waals surface area (Å²) in [6.45, 7) is 0.276. The van der Waals surface area contributed by atoms with E-state index in [2.05, 4.69) is 5.32 Å². The molecular weight excluding hydrogens is 188 g/mol. The highest BCUT2D eigenvalue weighted by atomic mass is 32.2. The Balaban J connectivity index is 2.57. The van der Waals surface area contributed by atoms with Crippen molar-refractivity contribution in [3.8, 4) is 0 Å². The Labute approximate surface area is 70.1 Å². The predicted octanol–water partition coefficient (Wildman–Crippen LogP) is -0.980. The number of thiocarbonyl (C=S) groups is 1. The maximum Gasteiger partial charge on any atom is 0.288 e. The third-order valence-corrected chi connectivity index (χ3v) is 2.92. The van der Waals surface area contributed by atoms with Crippen molar-refractivity contribution in [2.24, 2.45) is 0 Å². The summed E-state index contributed by atoms with van der Waals surface area (Å²) in [6.07, 6.45) is 0. The summed E-state index contributed by atoms with van der Waals surface area (Å²) < 4.78 is 29.4. The molecule has 11 heavy (non-hydrogen) atoms. The standard InChI is InChI=1S/C4H8N2O3S2/c1-5-4(10)6-2-3(6)11(7,8)9/h3H,2H2,1H3,(H,5,10)(H,7,8,9). The van der Waals surface area contributed by atoms with Crippen LogP contribution in [0.3, 0.4) is 0 Å². The molecule has 1 rings (SSSR count). The molecule has 0 saturated carbocycles. The van der Waals surface area contributed by atoms with E-state index in [9.17, 15) is 8.42 Å². The fraction of sp³-hybridized carbons (Fsp3) is 0.750. The van der Waals surface area contributed by atoms with Crippen LogP contribution >= 0.6 is 12.2 Å². The van der Waals surface area contributed by atoms with Crippen LogP contribution in [0.15, 0.2) is 0 Å². The molecule has 0 aliphatic carbocycles. The lowest BCUT2D eigenvalue weighted by Crippen LogP contribution is -2.27. The summed E-state index contributed by atoms with van der Waals surface area (Å²) in [4.78, 5) is 1.38. The van der Waals surface area contributed by atoms with Crippen LogP contribution in [-0.2, 0) is 10.1 Å². The topological polar surface area (TPSA) is 69.4 Å². The van der Waals surface area contributed by atoms with Crippen LogP contribution in [0, 0.1) is 0 Å². The van der Waals surface area contributed by atoms with Crippen LogP contribution in [0.2, 0.25) is 0 Å². The minimum Gasteiger partial charge on any atom is -0.366 e. The quantitative estimate of drug-likeness (QED) is 0.319. The Kier molecular flexibility index (Phi) is 2.04. The van der Waals surface area contributed by atoms with Gasteiger partial charge in [0.2, 0.25) is 0 Å². The summed E-state index contributed by atoms with van der Waals surface area (Å²) in [5.74, 6) is 0. The van der Waals surface area contributed by atoms with Gasteiger partial charge in [0.1, 0.15) is 0 Å². The van der Waals surface area contributed by atoms with Crippen LogP contribution in [0.5, 0.6) is 0 Å². The lowest BCUT2D eigenvalue weighted by molar-refractivity contribution is 0.475. The van der Waals surface area contributed by atoms with Crippen molar-refractivity contribution in [2.45, 2.75) is 5.37 Å². The summed E-state index contributed by atoms with van der Waals surface area (Å²) in [5.41, 5.74) is 0. The second kappa shape index (κ2) is 2.58. The van der Waals surface area contributed by atoms with Gasteiger partial charge < -0.3 is 10.2 Å². The van der Waals surface area contributed by atoms with Crippen molar-refractivity contribution in [1.29, 1.82) is 0 Å². The first-order chi connectivity index (χ1) is 4.96. The molecule has 1 aliphatic heterocycles. The van der Waals surface area contributed by atoms with Crippen molar-refractivity contribution < 1.29 is 13.0 Å². The minimum absolute atomic E-state index is 0.276. The molecule has 7 heteroatoms. The molecule has 1 atom stereocenters. The van der Waals surface area contributed by atoms with Gasteiger partial charge >= 0.3 is 0 Å². The molecule has 1 saturated heterocycles. The Morgan fingerprint density at radius 2 is 2.36 bits per heavy atom. The van der Waals surface area contributed by atoms with Crippen molar-refractivity contribution >= 4 is 27.4 Å². The third kappa shape index (κ3) is 1.79. The van der Waals surface area contributed by atoms with Gasteiger partial charge in [-0.2, -0.15) is 8.42 Å². The van der Waals surface area contributed by atoms with Gasteiger partial charge in [-0.3, -0.25) is 4.55 Å². The van der Waals surface area contributed by atoms with Gasteiger partial charge in [-0.1, -0.05) is 0 Å². The summed E-state index contributed by atoms with van der Waals surface area (Å²) >= 11 is 4.73. The van der Waals surface area contributed by atoms with Crippen LogP contribution in [0.4, 0.5) is 0 Å². The maximum absolute atomic E-state index is 10.5. The van der Waals surface area contributed by atoms with Crippen LogP contribution in [0.1, 0.15) is 0 Å². The van der Waals surface area contributed by atoms with E-state index >= 15 is 0 Å². The van der Waals surface area contributed by atoms with E-state index in [1.165, 1.54) is 4.90 Å². The summed E-state index contributed by atoms with van der Waals surface area (Å²) in [6, 6.07) is 0. The molecule has 0 bridgehead atoms. The Morgan fingerprint density at radius 3 is 2.64 bits per heavy atom. The van der Waals surface area contributed by atoms with E-state index in [0.717, 1.165) is 0 Å². The number of nitrogens with zero attached hydrogens (tertiary/aromatic N) is 1. The van der Waals surface area contributed by atoms with Crippen molar-refractivity contribution in [2.75, 3.05) is 13.6 Å². The monoisotopic (exact) mass is 196 g/mol. The molecule has 5 nitrogen and oxygen atoms in total. The van der Waals surface area contributed by atoms with E-state index < -0.39 is 15.5 Å². The Hall–Kier alpha value is -0.400. The smallest absolute Gasteiger partial charge is 0.288 e. The number of rotatable bonds is 1. The van der Waals surface area contributed by atoms with Gasteiger partial charge in [-0.05, 0) is 12.2 Å². The maximum atomic E-state index is 10.5. The molecular formula is C4H8N2O3S2. The normalized spacial score (nSPS) is 23.1. The second-order valence-corrected chi connectivity index (χ2v) is 4.14. The molecule has 1 unspecified atom stereocenters. The first kappa shape index (κ1) is 8.69. The molecule has 0 aromatic carbocycles. The molecule has 64 valence electrons. The Bertz CT molecular complexity index is 273. The first-order valence-electron chi connectivity index (χ1n) is 2.91. The van der Waals surface area contributed by atoms with Gasteiger partial charge in [0.25, 0.3) is 10.1 Å². The lowest BCUT2D eigenvalue weighted by atomic mass is 11.0. The number of hydrogen-bond donors (Lipinski definition) is 2. The van der Waals surface area contributed by atoms with Gasteiger partial charge in [-0.25, -0.2) is 0 Å². The van der Waals surface area contributed by atoms with E-state index in [1.807, 2.05) is 0 Å². The number of nitrogens with one attached hydrogen (secondary N) is 1. The van der Waals surface area contributed by atoms with E-state index in [0.29, 0.717) is 5.11 Å². The zero-order valence-corrected chi connectivity index (χ0v) is 7.44. The molecule has 0 aromatic rings. The molecule has 1 aliphatic rings. The molecule has 1 fully saturated rings. The highest BCUT2D eigenvalue weighted by Gasteiger charge is 2.45. The van der Waals surface area contributed by atoms with Crippen molar-refractivity contribution in [3.05, 3.63) is 0 Å². The third-order valence-electron chi connectivity index (χ3n) is 1.39. The van der Waals surface area contributed by atoms with Gasteiger partial charge in [0.15, 0.2) is 10.5 Å². The number of hydrogen-bond acceptors (Lipinski definition) is 3. The van der Waals surface area contributed by atoms with Gasteiger partial charge in [0.05, 0.1) is 6.54 Å². The van der Waals surface area contributed by atoms with Crippen molar-refractivity contribution in [3.63, 3.8) is 0 Å². The SMILES string of the molecule is CNC(=S)N1CC1S(=O)(=O)O. The molecule has 1 heterocycles. The molecule has 0 radical (unpaired) electrons. The lowest BCUT2D eigenvalue weighted by Gasteiger charge is -2.03. The fourth-order valence-electron chi connectivity index (χ4n) is 0.733. The van der Waals surface area contributed by atoms with E-state index in [1.54, 1.807) is 7.05 Å². The van der Waals surface area contributed by atoms with Gasteiger partial charge in [0, 0.05) is 7.05 Å². The highest BCUT2D eigenvalue weighted by Crippen LogP contribution is 2.21. The predicted molar refractivity (Wildman–Crippen MR) is 43.7 cm³/mol. The first-order valence-corrected chi connectivity index (χ1v) is 4.82. The average molecular weight is 196 g/mol. The second-order valence-electron chi connectivity index (χ2n) is 2.18. The molecule has 0 aromatic heterocycles. The van der Waals surface area contributed by atoms with E-state index in [-0.39, 0.29) is 6.54 Å². The van der Waals surface area contributed by atoms with Gasteiger partial charge in [-0.15, -0.1) is 0 Å². The minimum atomic E-state index is -3.94. The zero-order valence-electron chi connectivity index (χ0n) is 5.81. The molecule has 2 N–H and O–H groups in total. The largest absolute Gasteiger partial charge is 0.366 e. The summed E-state index contributed by atoms with van der Waals surface area (Å²) in [5, 5.41) is 2.12. The molecule has 0 amide bonds. The van der Waals surface area contributed by atoms with E-state index in [4.69, 9.17) is 16.8 Å². The van der Waals surface area contributed by atoms with Crippen LogP contribution < -0.4 is 5.32 Å².